The van der Waals surface area contributed by atoms with Crippen LogP contribution in [0.25, 0.3) is 10.9 Å². The molecular weight excluding hydrogens is 480 g/mol. The second kappa shape index (κ2) is 7.64. The maximum atomic E-state index is 13.1. The predicted molar refractivity (Wildman–Crippen MR) is 123 cm³/mol. The molecule has 3 aliphatic heterocycles. The molecule has 3 aliphatic rings. The Labute approximate surface area is 200 Å². The minimum Gasteiger partial charge on any atom is -0.345 e. The highest BCUT2D eigenvalue weighted by Gasteiger charge is 2.56. The van der Waals surface area contributed by atoms with Crippen molar-refractivity contribution in [3.63, 3.8) is 0 Å². The number of aromatic nitrogens is 3. The van der Waals surface area contributed by atoms with Crippen LogP contribution >= 0.6 is 11.6 Å². The van der Waals surface area contributed by atoms with Gasteiger partial charge in [-0.15, -0.1) is 0 Å². The Morgan fingerprint density at radius 2 is 1.85 bits per heavy atom. The molecule has 0 spiro atoms. The van der Waals surface area contributed by atoms with Crippen LogP contribution in [0, 0.1) is 0 Å². The van der Waals surface area contributed by atoms with Gasteiger partial charge in [0.05, 0.1) is 5.56 Å². The van der Waals surface area contributed by atoms with Crippen molar-refractivity contribution in [3.8, 4) is 0 Å². The molecule has 6 rings (SSSR count). The molecular formula is C22H19ClN6O4S. The summed E-state index contributed by atoms with van der Waals surface area (Å²) in [5.74, 6) is 0.203. The zero-order valence-corrected chi connectivity index (χ0v) is 19.3. The lowest BCUT2D eigenvalue weighted by molar-refractivity contribution is 0.0696. The number of amides is 1. The first kappa shape index (κ1) is 21.3. The summed E-state index contributed by atoms with van der Waals surface area (Å²) in [6.45, 7) is 0.902. The second-order valence-electron chi connectivity index (χ2n) is 8.17. The zero-order valence-electron chi connectivity index (χ0n) is 17.8. The van der Waals surface area contributed by atoms with E-state index < -0.39 is 15.7 Å². The Morgan fingerprint density at radius 3 is 2.59 bits per heavy atom. The molecule has 1 aromatic carbocycles. The summed E-state index contributed by atoms with van der Waals surface area (Å²) < 4.78 is 27.6. The van der Waals surface area contributed by atoms with E-state index in [9.17, 15) is 13.2 Å². The van der Waals surface area contributed by atoms with Crippen LogP contribution in [-0.2, 0) is 20.6 Å². The number of carbonyl (C=O) groups excluding carboxylic acids is 1. The molecule has 12 heteroatoms. The number of nitrogens with one attached hydrogen (secondary N) is 1. The normalized spacial score (nSPS) is 22.3. The molecule has 5 heterocycles. The van der Waals surface area contributed by atoms with Crippen LogP contribution in [0.3, 0.4) is 0 Å². The first-order valence-electron chi connectivity index (χ1n) is 10.6. The average Bonchev–Trinajstić information content (AvgIpc) is 3.47. The van der Waals surface area contributed by atoms with Crippen LogP contribution in [-0.4, -0.2) is 69.7 Å². The van der Waals surface area contributed by atoms with Gasteiger partial charge in [0.15, 0.2) is 5.82 Å². The van der Waals surface area contributed by atoms with Crippen LogP contribution in [0.1, 0.15) is 16.2 Å². The van der Waals surface area contributed by atoms with Gasteiger partial charge < -0.3 is 9.88 Å². The van der Waals surface area contributed by atoms with E-state index in [0.29, 0.717) is 21.9 Å². The third-order valence-electron chi connectivity index (χ3n) is 6.11. The Bertz CT molecular complexity index is 1460. The molecule has 0 saturated carbocycles. The van der Waals surface area contributed by atoms with Crippen LogP contribution in [0.2, 0.25) is 5.02 Å². The van der Waals surface area contributed by atoms with Crippen molar-refractivity contribution in [2.45, 2.75) is 10.8 Å². The number of halogens is 1. The number of piperazine rings is 1. The number of hydroxylamine groups is 2. The molecule has 1 amide bonds. The van der Waals surface area contributed by atoms with Crippen LogP contribution in [0.15, 0.2) is 66.1 Å². The third kappa shape index (κ3) is 3.40. The minimum atomic E-state index is -3.73. The minimum absolute atomic E-state index is 0.107. The van der Waals surface area contributed by atoms with Crippen molar-refractivity contribution >= 4 is 38.4 Å². The molecule has 1 unspecified atom stereocenters. The van der Waals surface area contributed by atoms with E-state index >= 15 is 0 Å². The number of fused-ring (bicyclic) bond motifs is 2. The Morgan fingerprint density at radius 1 is 1.09 bits per heavy atom. The number of nitrogens with zero attached hydrogens (tertiary/aromatic N) is 5. The number of benzene rings is 1. The van der Waals surface area contributed by atoms with E-state index in [1.165, 1.54) is 16.7 Å². The van der Waals surface area contributed by atoms with Gasteiger partial charge in [-0.3, -0.25) is 4.79 Å². The van der Waals surface area contributed by atoms with E-state index in [1.54, 1.807) is 40.4 Å². The largest absolute Gasteiger partial charge is 0.345 e. The number of sulfonamides is 1. The van der Waals surface area contributed by atoms with E-state index in [2.05, 4.69) is 15.0 Å². The molecule has 2 saturated heterocycles. The fourth-order valence-corrected chi connectivity index (χ4v) is 5.81. The van der Waals surface area contributed by atoms with Crippen molar-refractivity contribution in [2.75, 3.05) is 26.2 Å². The molecule has 1 N–H and O–H groups in total. The molecule has 0 radical (unpaired) electrons. The number of allylic oxidation sites excluding steroid dienone is 2. The molecule has 2 fully saturated rings. The van der Waals surface area contributed by atoms with Gasteiger partial charge in [-0.1, -0.05) is 17.7 Å². The summed E-state index contributed by atoms with van der Waals surface area (Å²) in [5.41, 5.74) is 0.246. The fraction of sp³-hybridized carbons (Fsp3) is 0.227. The van der Waals surface area contributed by atoms with Gasteiger partial charge in [0.2, 0.25) is 0 Å². The summed E-state index contributed by atoms with van der Waals surface area (Å²) in [6.07, 6.45) is 10.3. The van der Waals surface area contributed by atoms with Gasteiger partial charge in [-0.05, 0) is 36.4 Å². The number of carbonyl (C=O) groups is 1. The maximum Gasteiger partial charge on any atom is 0.268 e. The molecule has 34 heavy (non-hydrogen) atoms. The Kier molecular flexibility index (Phi) is 4.78. The summed E-state index contributed by atoms with van der Waals surface area (Å²) >= 11 is 6.01. The van der Waals surface area contributed by atoms with E-state index in [0.717, 1.165) is 5.39 Å². The van der Waals surface area contributed by atoms with E-state index in [4.69, 9.17) is 16.4 Å². The number of rotatable bonds is 4. The van der Waals surface area contributed by atoms with Crippen molar-refractivity contribution in [1.29, 1.82) is 0 Å². The summed E-state index contributed by atoms with van der Waals surface area (Å²) in [6, 6.07) is 6.74. The maximum absolute atomic E-state index is 13.1. The highest BCUT2D eigenvalue weighted by Crippen LogP contribution is 2.46. The van der Waals surface area contributed by atoms with Crippen molar-refractivity contribution < 1.29 is 18.0 Å². The summed E-state index contributed by atoms with van der Waals surface area (Å²) in [7, 11) is -3.73. The van der Waals surface area contributed by atoms with Gasteiger partial charge in [-0.25, -0.2) is 28.3 Å². The zero-order chi connectivity index (χ0) is 23.5. The standard InChI is InChI=1S/C22H19ClN6O4S/c23-17-3-4-18-15(11-17)12-19(26-18)34(31,32)28-9-7-27(8-10-28)20(30)16-13-24-21(25-14-16)22-5-1-2-6-29(22)33-22/h1-6,11-14,26H,7-10H2. The lowest BCUT2D eigenvalue weighted by atomic mass is 10.2. The van der Waals surface area contributed by atoms with Crippen LogP contribution in [0.4, 0.5) is 0 Å². The topological polar surface area (TPSA) is 115 Å². The number of H-pyrrole nitrogens is 1. The van der Waals surface area contributed by atoms with Crippen LogP contribution in [0.5, 0.6) is 0 Å². The first-order chi connectivity index (χ1) is 16.4. The lowest BCUT2D eigenvalue weighted by Crippen LogP contribution is -2.50. The molecule has 0 bridgehead atoms. The highest BCUT2D eigenvalue weighted by atomic mass is 35.5. The van der Waals surface area contributed by atoms with E-state index in [1.807, 2.05) is 18.2 Å². The average molecular weight is 499 g/mol. The molecule has 0 aliphatic carbocycles. The molecule has 3 aromatic rings. The van der Waals surface area contributed by atoms with Crippen LogP contribution < -0.4 is 0 Å². The summed E-state index contributed by atoms with van der Waals surface area (Å²) in [4.78, 5) is 31.7. The van der Waals surface area contributed by atoms with Gasteiger partial charge in [0, 0.05) is 60.7 Å². The fourth-order valence-electron chi connectivity index (χ4n) is 4.19. The molecule has 2 aromatic heterocycles. The second-order valence-corrected chi connectivity index (χ2v) is 10.5. The van der Waals surface area contributed by atoms with Gasteiger partial charge in [0.25, 0.3) is 21.7 Å². The first-order valence-corrected chi connectivity index (χ1v) is 12.4. The van der Waals surface area contributed by atoms with Gasteiger partial charge >= 0.3 is 0 Å². The quantitative estimate of drug-likeness (QED) is 0.548. The number of aromatic amines is 1. The van der Waals surface area contributed by atoms with Gasteiger partial charge in [0.1, 0.15) is 5.03 Å². The highest BCUT2D eigenvalue weighted by molar-refractivity contribution is 7.89. The van der Waals surface area contributed by atoms with E-state index in [-0.39, 0.29) is 37.1 Å². The van der Waals surface area contributed by atoms with Crippen molar-refractivity contribution in [3.05, 3.63) is 77.5 Å². The molecule has 1 atom stereocenters. The monoisotopic (exact) mass is 498 g/mol. The van der Waals surface area contributed by atoms with Gasteiger partial charge in [-0.2, -0.15) is 4.31 Å². The Balaban J connectivity index is 1.13. The Hall–Kier alpha value is -3.25. The predicted octanol–water partition coefficient (Wildman–Crippen LogP) is 2.24. The lowest BCUT2D eigenvalue weighted by Gasteiger charge is -2.33. The molecule has 174 valence electrons. The molecule has 10 nitrogen and oxygen atoms in total. The SMILES string of the molecule is O=C(c1cnc(C23C=CC=CN2O3)nc1)N1CCN(S(=O)(=O)c2cc3cc(Cl)ccc3[nH]2)CC1. The van der Waals surface area contributed by atoms with Crippen molar-refractivity contribution in [2.24, 2.45) is 0 Å². The number of hydrogen-bond donors (Lipinski definition) is 1. The summed E-state index contributed by atoms with van der Waals surface area (Å²) in [5, 5.41) is 3.00. The number of hydrogen-bond acceptors (Lipinski definition) is 7. The third-order valence-corrected chi connectivity index (χ3v) is 8.16. The van der Waals surface area contributed by atoms with Crippen molar-refractivity contribution in [1.82, 2.24) is 29.2 Å². The smallest absolute Gasteiger partial charge is 0.268 e.